The molecular formula is C3H6CoK3O9+3. The van der Waals surface area contributed by atoms with Crippen LogP contribution in [0.25, 0.3) is 0 Å². The van der Waals surface area contributed by atoms with E-state index in [1.165, 1.54) is 0 Å². The van der Waals surface area contributed by atoms with Gasteiger partial charge in [0, 0.05) is 16.8 Å². The van der Waals surface area contributed by atoms with Gasteiger partial charge in [0.05, 0.1) is 0 Å². The molecule has 0 aromatic carbocycles. The fourth-order valence-electron chi connectivity index (χ4n) is 0. The van der Waals surface area contributed by atoms with Gasteiger partial charge < -0.3 is 30.6 Å². The van der Waals surface area contributed by atoms with Crippen LogP contribution in [-0.4, -0.2) is 49.1 Å². The molecule has 0 fully saturated rings. The molecule has 13 heteroatoms. The molecule has 0 heterocycles. The van der Waals surface area contributed by atoms with Gasteiger partial charge in [-0.05, 0) is 0 Å². The molecule has 0 aromatic heterocycles. The molecule has 6 N–H and O–H groups in total. The minimum Gasteiger partial charge on any atom is -0.450 e. The number of hydrogen-bond donors (Lipinski definition) is 6. The van der Waals surface area contributed by atoms with Crippen molar-refractivity contribution in [1.82, 2.24) is 0 Å². The van der Waals surface area contributed by atoms with Crippen LogP contribution in [0.4, 0.5) is 14.4 Å². The Labute approximate surface area is 228 Å². The summed E-state index contributed by atoms with van der Waals surface area (Å²) in [4.78, 5) is 25.7. The molecule has 9 nitrogen and oxygen atoms in total. The SMILES string of the molecule is O=C(O)O.O=C(O)O.O=C(O)O.[Co].[K+].[K+].[K+]. The third-order valence-electron chi connectivity index (χ3n) is 0. The fourth-order valence-corrected chi connectivity index (χ4v) is 0. The molecule has 0 rings (SSSR count). The average Bonchev–Trinajstić information content (AvgIpc) is 1.54. The molecular weight excluding hydrogens is 356 g/mol. The minimum absolute atomic E-state index is 0. The van der Waals surface area contributed by atoms with Crippen molar-refractivity contribution in [1.29, 1.82) is 0 Å². The number of carbonyl (C=O) groups is 3. The molecule has 0 aliphatic rings. The molecule has 0 atom stereocenters. The third kappa shape index (κ3) is 436. The molecule has 16 heavy (non-hydrogen) atoms. The molecule has 0 aliphatic heterocycles. The Bertz CT molecular complexity index is 124. The van der Waals surface area contributed by atoms with Crippen molar-refractivity contribution in [3.63, 3.8) is 0 Å². The van der Waals surface area contributed by atoms with Crippen molar-refractivity contribution >= 4 is 18.5 Å². The van der Waals surface area contributed by atoms with Crippen LogP contribution in [0, 0.1) is 0 Å². The van der Waals surface area contributed by atoms with E-state index in [2.05, 4.69) is 0 Å². The van der Waals surface area contributed by atoms with Crippen LogP contribution in [0.3, 0.4) is 0 Å². The molecule has 1 radical (unpaired) electrons. The zero-order valence-electron chi connectivity index (χ0n) is 8.74. The molecule has 0 aromatic rings. The van der Waals surface area contributed by atoms with E-state index in [0.717, 1.165) is 0 Å². The Morgan fingerprint density at radius 2 is 0.500 bits per heavy atom. The van der Waals surface area contributed by atoms with Gasteiger partial charge in [0.15, 0.2) is 0 Å². The molecule has 0 unspecified atom stereocenters. The second-order valence-corrected chi connectivity index (χ2v) is 0.848. The van der Waals surface area contributed by atoms with Crippen LogP contribution >= 0.6 is 0 Å². The molecule has 0 spiro atoms. The maximum absolute atomic E-state index is 8.56. The second kappa shape index (κ2) is 36.2. The van der Waals surface area contributed by atoms with E-state index in [0.29, 0.717) is 0 Å². The molecule has 0 bridgehead atoms. The monoisotopic (exact) mass is 362 g/mol. The zero-order valence-corrected chi connectivity index (χ0v) is 19.2. The normalized spacial score (nSPS) is 4.50. The molecule has 81 valence electrons. The van der Waals surface area contributed by atoms with Gasteiger partial charge in [0.1, 0.15) is 0 Å². The summed E-state index contributed by atoms with van der Waals surface area (Å²) < 4.78 is 0. The smallest absolute Gasteiger partial charge is 0.450 e. The van der Waals surface area contributed by atoms with Crippen LogP contribution in [0.1, 0.15) is 0 Å². The van der Waals surface area contributed by atoms with E-state index in [-0.39, 0.29) is 171 Å². The standard InChI is InChI=1S/3CH2O3.Co.3K/c3*2-1(3)4;;;;/h3*(H2,2,3,4);;;;/q;;;;3*+1. The Morgan fingerprint density at radius 1 is 0.500 bits per heavy atom. The van der Waals surface area contributed by atoms with E-state index in [1.807, 2.05) is 0 Å². The average molecular weight is 362 g/mol. The Balaban J connectivity index is -0.0000000135. The van der Waals surface area contributed by atoms with Gasteiger partial charge in [-0.2, -0.15) is 0 Å². The predicted octanol–water partition coefficient (Wildman–Crippen LogP) is -8.32. The van der Waals surface area contributed by atoms with Gasteiger partial charge in [0.2, 0.25) is 0 Å². The van der Waals surface area contributed by atoms with Crippen molar-refractivity contribution in [3.05, 3.63) is 0 Å². The van der Waals surface area contributed by atoms with E-state index in [4.69, 9.17) is 45.0 Å². The maximum Gasteiger partial charge on any atom is 1.00 e. The third-order valence-corrected chi connectivity index (χ3v) is 0. The fraction of sp³-hybridized carbons (Fsp3) is 0. The zero-order chi connectivity index (χ0) is 10.7. The topological polar surface area (TPSA) is 173 Å². The van der Waals surface area contributed by atoms with Crippen molar-refractivity contribution in [2.45, 2.75) is 0 Å². The van der Waals surface area contributed by atoms with Crippen molar-refractivity contribution in [3.8, 4) is 0 Å². The summed E-state index contributed by atoms with van der Waals surface area (Å²) in [5.74, 6) is 0. The van der Waals surface area contributed by atoms with Crippen molar-refractivity contribution in [2.24, 2.45) is 0 Å². The maximum atomic E-state index is 8.56. The van der Waals surface area contributed by atoms with Crippen LogP contribution < -0.4 is 154 Å². The van der Waals surface area contributed by atoms with E-state index in [1.54, 1.807) is 0 Å². The van der Waals surface area contributed by atoms with Gasteiger partial charge in [0.25, 0.3) is 0 Å². The predicted molar refractivity (Wildman–Crippen MR) is 32.0 cm³/mol. The summed E-state index contributed by atoms with van der Waals surface area (Å²) in [6.45, 7) is 0. The second-order valence-electron chi connectivity index (χ2n) is 0.848. The summed E-state index contributed by atoms with van der Waals surface area (Å²) in [5, 5.41) is 41.8. The van der Waals surface area contributed by atoms with E-state index >= 15 is 0 Å². The minimum atomic E-state index is -1.83. The van der Waals surface area contributed by atoms with Gasteiger partial charge >= 0.3 is 173 Å². The first-order chi connectivity index (χ1) is 5.20. The largest absolute Gasteiger partial charge is 1.00 e. The summed E-state index contributed by atoms with van der Waals surface area (Å²) in [6.07, 6.45) is -5.50. The van der Waals surface area contributed by atoms with Crippen molar-refractivity contribution < 1.29 is 216 Å². The first kappa shape index (κ1) is 42.7. The molecule has 0 aliphatic carbocycles. The van der Waals surface area contributed by atoms with E-state index < -0.39 is 18.5 Å². The van der Waals surface area contributed by atoms with Gasteiger partial charge in [-0.25, -0.2) is 14.4 Å². The van der Waals surface area contributed by atoms with Crippen LogP contribution in [-0.2, 0) is 16.8 Å². The van der Waals surface area contributed by atoms with Gasteiger partial charge in [-0.15, -0.1) is 0 Å². The van der Waals surface area contributed by atoms with Crippen LogP contribution in [0.2, 0.25) is 0 Å². The molecule has 0 saturated heterocycles. The summed E-state index contributed by atoms with van der Waals surface area (Å²) in [7, 11) is 0. The van der Waals surface area contributed by atoms with Crippen molar-refractivity contribution in [2.75, 3.05) is 0 Å². The Hall–Kier alpha value is 3.23. The van der Waals surface area contributed by atoms with Crippen LogP contribution in [0.15, 0.2) is 0 Å². The number of carboxylic acid groups (broad SMARTS) is 6. The summed E-state index contributed by atoms with van der Waals surface area (Å²) >= 11 is 0. The van der Waals surface area contributed by atoms with Crippen LogP contribution in [0.5, 0.6) is 0 Å². The van der Waals surface area contributed by atoms with Gasteiger partial charge in [-0.1, -0.05) is 0 Å². The number of rotatable bonds is 0. The van der Waals surface area contributed by atoms with Gasteiger partial charge in [-0.3, -0.25) is 0 Å². The quantitative estimate of drug-likeness (QED) is 0.229. The number of hydrogen-bond acceptors (Lipinski definition) is 3. The summed E-state index contributed by atoms with van der Waals surface area (Å²) in [5.41, 5.74) is 0. The Morgan fingerprint density at radius 3 is 0.500 bits per heavy atom. The molecule has 0 saturated carbocycles. The first-order valence-electron chi connectivity index (χ1n) is 1.95. The molecule has 0 amide bonds. The Kier molecular flexibility index (Phi) is 96.6. The van der Waals surface area contributed by atoms with E-state index in [9.17, 15) is 0 Å². The first-order valence-corrected chi connectivity index (χ1v) is 1.95. The summed E-state index contributed by atoms with van der Waals surface area (Å²) in [6, 6.07) is 0.